The van der Waals surface area contributed by atoms with Crippen molar-refractivity contribution < 1.29 is 36.7 Å². The number of ether oxygens (including phenoxy) is 2. The summed E-state index contributed by atoms with van der Waals surface area (Å²) >= 11 is 0. The SMILES string of the molecule is COCCNC(=O)NC(=O)COC(=O)c1ccc(S(=O)(=O)NCc2ccco2)cc1. The molecule has 12 heteroatoms. The summed E-state index contributed by atoms with van der Waals surface area (Å²) < 4.78 is 41.5. The van der Waals surface area contributed by atoms with Crippen LogP contribution in [-0.2, 0) is 30.8 Å². The number of sulfonamides is 1. The van der Waals surface area contributed by atoms with Gasteiger partial charge in [-0.1, -0.05) is 0 Å². The monoisotopic (exact) mass is 439 g/mol. The molecule has 1 heterocycles. The highest BCUT2D eigenvalue weighted by molar-refractivity contribution is 7.89. The highest BCUT2D eigenvalue weighted by atomic mass is 32.2. The molecule has 2 aromatic rings. The Balaban J connectivity index is 1.82. The Kier molecular flexibility index (Phi) is 8.53. The number of carbonyl (C=O) groups excluding carboxylic acids is 3. The summed E-state index contributed by atoms with van der Waals surface area (Å²) in [6, 6.07) is 7.47. The van der Waals surface area contributed by atoms with Crippen molar-refractivity contribution >= 4 is 27.9 Å². The van der Waals surface area contributed by atoms with Crippen molar-refractivity contribution in [1.82, 2.24) is 15.4 Å². The van der Waals surface area contributed by atoms with E-state index >= 15 is 0 Å². The van der Waals surface area contributed by atoms with Gasteiger partial charge in [0.25, 0.3) is 5.91 Å². The predicted octanol–water partition coefficient (Wildman–Crippen LogP) is 0.387. The maximum Gasteiger partial charge on any atom is 0.338 e. The fourth-order valence-corrected chi connectivity index (χ4v) is 3.11. The Labute approximate surface area is 172 Å². The molecular formula is C18H21N3O8S. The second-order valence-electron chi connectivity index (χ2n) is 5.80. The molecule has 0 atom stereocenters. The zero-order valence-corrected chi connectivity index (χ0v) is 16.9. The molecule has 0 unspecified atom stereocenters. The summed E-state index contributed by atoms with van der Waals surface area (Å²) in [5.74, 6) is -1.22. The molecule has 0 aliphatic rings. The molecule has 0 aliphatic carbocycles. The van der Waals surface area contributed by atoms with Gasteiger partial charge in [0.05, 0.1) is 29.9 Å². The van der Waals surface area contributed by atoms with Gasteiger partial charge < -0.3 is 19.2 Å². The molecule has 162 valence electrons. The minimum atomic E-state index is -3.81. The molecule has 30 heavy (non-hydrogen) atoms. The standard InChI is InChI=1S/C18H21N3O8S/c1-27-10-8-19-18(24)21-16(22)12-29-17(23)13-4-6-15(7-5-13)30(25,26)20-11-14-3-2-9-28-14/h2-7,9,20H,8,10-12H2,1H3,(H2,19,21,22,24). The Morgan fingerprint density at radius 1 is 1.10 bits per heavy atom. The van der Waals surface area contributed by atoms with Crippen LogP contribution >= 0.6 is 0 Å². The number of nitrogens with one attached hydrogen (secondary N) is 3. The molecule has 0 saturated carbocycles. The Morgan fingerprint density at radius 2 is 1.83 bits per heavy atom. The maximum atomic E-state index is 12.3. The molecular weight excluding hydrogens is 418 g/mol. The van der Waals surface area contributed by atoms with E-state index in [9.17, 15) is 22.8 Å². The van der Waals surface area contributed by atoms with Crippen LogP contribution in [0.25, 0.3) is 0 Å². The lowest BCUT2D eigenvalue weighted by Crippen LogP contribution is -2.42. The first-order valence-corrected chi connectivity index (χ1v) is 10.2. The molecule has 1 aromatic carbocycles. The highest BCUT2D eigenvalue weighted by Gasteiger charge is 2.17. The first kappa shape index (κ1) is 23.1. The molecule has 0 aliphatic heterocycles. The van der Waals surface area contributed by atoms with Crippen molar-refractivity contribution in [2.24, 2.45) is 0 Å². The van der Waals surface area contributed by atoms with Crippen LogP contribution in [0, 0.1) is 0 Å². The van der Waals surface area contributed by atoms with Gasteiger partial charge >= 0.3 is 12.0 Å². The second kappa shape index (κ2) is 11.1. The van der Waals surface area contributed by atoms with Crippen LogP contribution in [0.3, 0.4) is 0 Å². The van der Waals surface area contributed by atoms with Gasteiger partial charge in [-0.25, -0.2) is 22.7 Å². The molecule has 2 rings (SSSR count). The third-order valence-electron chi connectivity index (χ3n) is 3.60. The molecule has 0 bridgehead atoms. The lowest BCUT2D eigenvalue weighted by Gasteiger charge is -2.08. The third-order valence-corrected chi connectivity index (χ3v) is 5.01. The lowest BCUT2D eigenvalue weighted by atomic mass is 10.2. The van der Waals surface area contributed by atoms with Crippen LogP contribution < -0.4 is 15.4 Å². The summed E-state index contributed by atoms with van der Waals surface area (Å²) in [6.07, 6.45) is 1.43. The van der Waals surface area contributed by atoms with E-state index in [1.54, 1.807) is 12.1 Å². The van der Waals surface area contributed by atoms with Crippen molar-refractivity contribution in [3.8, 4) is 0 Å². The Bertz CT molecular complexity index is 956. The van der Waals surface area contributed by atoms with Crippen LogP contribution in [-0.4, -0.2) is 53.2 Å². The summed E-state index contributed by atoms with van der Waals surface area (Å²) in [5.41, 5.74) is 0.0392. The summed E-state index contributed by atoms with van der Waals surface area (Å²) in [6.45, 7) is -0.212. The quantitative estimate of drug-likeness (QED) is 0.355. The molecule has 11 nitrogen and oxygen atoms in total. The smallest absolute Gasteiger partial charge is 0.338 e. The number of esters is 1. The van der Waals surface area contributed by atoms with Crippen molar-refractivity contribution in [1.29, 1.82) is 0 Å². The van der Waals surface area contributed by atoms with Gasteiger partial charge in [-0.2, -0.15) is 0 Å². The molecule has 3 amide bonds. The predicted molar refractivity (Wildman–Crippen MR) is 103 cm³/mol. The zero-order chi connectivity index (χ0) is 22.0. The number of imide groups is 1. The molecule has 3 N–H and O–H groups in total. The zero-order valence-electron chi connectivity index (χ0n) is 16.0. The first-order chi connectivity index (χ1) is 14.3. The Morgan fingerprint density at radius 3 is 2.47 bits per heavy atom. The van der Waals surface area contributed by atoms with Crippen LogP contribution in [0.1, 0.15) is 16.1 Å². The summed E-state index contributed by atoms with van der Waals surface area (Å²) in [7, 11) is -2.35. The van der Waals surface area contributed by atoms with Gasteiger partial charge in [-0.3, -0.25) is 10.1 Å². The number of methoxy groups -OCH3 is 1. The molecule has 0 saturated heterocycles. The fraction of sp³-hybridized carbons (Fsp3) is 0.278. The van der Waals surface area contributed by atoms with E-state index < -0.39 is 34.5 Å². The van der Waals surface area contributed by atoms with Crippen LogP contribution in [0.5, 0.6) is 0 Å². The van der Waals surface area contributed by atoms with Crippen LogP contribution in [0.2, 0.25) is 0 Å². The first-order valence-electron chi connectivity index (χ1n) is 8.67. The van der Waals surface area contributed by atoms with E-state index in [1.807, 2.05) is 5.32 Å². The molecule has 1 aromatic heterocycles. The van der Waals surface area contributed by atoms with Gasteiger partial charge in [0, 0.05) is 13.7 Å². The topological polar surface area (TPSA) is 153 Å². The number of urea groups is 1. The van der Waals surface area contributed by atoms with Crippen LogP contribution in [0.4, 0.5) is 4.79 Å². The fourth-order valence-electron chi connectivity index (χ4n) is 2.12. The minimum Gasteiger partial charge on any atom is -0.468 e. The van der Waals surface area contributed by atoms with E-state index in [-0.39, 0.29) is 30.2 Å². The number of hydrogen-bond donors (Lipinski definition) is 3. The van der Waals surface area contributed by atoms with E-state index in [2.05, 4.69) is 10.0 Å². The molecule has 0 radical (unpaired) electrons. The highest BCUT2D eigenvalue weighted by Crippen LogP contribution is 2.12. The summed E-state index contributed by atoms with van der Waals surface area (Å²) in [4.78, 5) is 34.9. The van der Waals surface area contributed by atoms with Gasteiger partial charge in [0.2, 0.25) is 10.0 Å². The van der Waals surface area contributed by atoms with Crippen molar-refractivity contribution in [3.05, 3.63) is 54.0 Å². The third kappa shape index (κ3) is 7.31. The van der Waals surface area contributed by atoms with Gasteiger partial charge in [-0.05, 0) is 36.4 Å². The number of hydrogen-bond acceptors (Lipinski definition) is 8. The summed E-state index contributed by atoms with van der Waals surface area (Å²) in [5, 5.41) is 4.35. The largest absolute Gasteiger partial charge is 0.468 e. The van der Waals surface area contributed by atoms with Crippen molar-refractivity contribution in [2.45, 2.75) is 11.4 Å². The maximum absolute atomic E-state index is 12.3. The van der Waals surface area contributed by atoms with E-state index in [1.165, 1.54) is 37.6 Å². The number of furan rings is 1. The molecule has 0 fully saturated rings. The van der Waals surface area contributed by atoms with Gasteiger partial charge in [0.1, 0.15) is 5.76 Å². The number of rotatable bonds is 10. The van der Waals surface area contributed by atoms with Gasteiger partial charge in [-0.15, -0.1) is 0 Å². The number of carbonyl (C=O) groups is 3. The van der Waals surface area contributed by atoms with E-state index in [0.29, 0.717) is 5.76 Å². The van der Waals surface area contributed by atoms with Gasteiger partial charge in [0.15, 0.2) is 6.61 Å². The van der Waals surface area contributed by atoms with E-state index in [0.717, 1.165) is 0 Å². The van der Waals surface area contributed by atoms with Crippen molar-refractivity contribution in [3.63, 3.8) is 0 Å². The molecule has 0 spiro atoms. The minimum absolute atomic E-state index is 0.0206. The Hall–Kier alpha value is -3.22. The lowest BCUT2D eigenvalue weighted by molar-refractivity contribution is -0.123. The average molecular weight is 439 g/mol. The van der Waals surface area contributed by atoms with E-state index in [4.69, 9.17) is 13.9 Å². The average Bonchev–Trinajstić information content (AvgIpc) is 3.25. The number of benzene rings is 1. The normalized spacial score (nSPS) is 11.0. The van der Waals surface area contributed by atoms with Crippen molar-refractivity contribution in [2.75, 3.05) is 26.9 Å². The second-order valence-corrected chi connectivity index (χ2v) is 7.57. The number of amides is 3. The van der Waals surface area contributed by atoms with Crippen LogP contribution in [0.15, 0.2) is 52.0 Å².